The number of para-hydroxylation sites is 2. The van der Waals surface area contributed by atoms with Gasteiger partial charge in [-0.05, 0) is 58.3 Å². The van der Waals surface area contributed by atoms with E-state index in [0.717, 1.165) is 38.6 Å². The third kappa shape index (κ3) is 8.27. The lowest BCUT2D eigenvalue weighted by molar-refractivity contribution is -0.0261. The Labute approximate surface area is 176 Å². The number of anilines is 1. The summed E-state index contributed by atoms with van der Waals surface area (Å²) in [6.07, 6.45) is 9.52. The van der Waals surface area contributed by atoms with Crippen LogP contribution in [0, 0.1) is 0 Å². The molecule has 0 bridgehead atoms. The minimum absolute atomic E-state index is 0. The number of hydrogen-bond acceptors (Lipinski definition) is 4. The third-order valence-electron chi connectivity index (χ3n) is 5.06. The van der Waals surface area contributed by atoms with Gasteiger partial charge in [0.1, 0.15) is 11.4 Å². The van der Waals surface area contributed by atoms with Crippen LogP contribution in [0.5, 0.6) is 5.75 Å². The van der Waals surface area contributed by atoms with Gasteiger partial charge in [0.05, 0.1) is 12.3 Å². The molecule has 0 spiro atoms. The first-order valence-corrected chi connectivity index (χ1v) is 10.4. The van der Waals surface area contributed by atoms with Crippen LogP contribution >= 0.6 is 12.4 Å². The molecule has 0 unspecified atom stereocenters. The number of amides is 1. The van der Waals surface area contributed by atoms with E-state index in [0.29, 0.717) is 18.0 Å². The number of halogens is 1. The maximum absolute atomic E-state index is 12.6. The van der Waals surface area contributed by atoms with Crippen LogP contribution in [-0.4, -0.2) is 43.8 Å². The Morgan fingerprint density at radius 2 is 1.82 bits per heavy atom. The first-order chi connectivity index (χ1) is 13.0. The SMILES string of the molecule is CCCCCCOc1ccccc1NC(=O)OC1(CN(C)C)CCCCC1.Cl. The van der Waals surface area contributed by atoms with Gasteiger partial charge in [-0.3, -0.25) is 5.32 Å². The average Bonchev–Trinajstić information content (AvgIpc) is 2.62. The zero-order valence-electron chi connectivity index (χ0n) is 17.7. The van der Waals surface area contributed by atoms with Crippen molar-refractivity contribution in [2.24, 2.45) is 0 Å². The molecule has 1 N–H and O–H groups in total. The van der Waals surface area contributed by atoms with Crippen molar-refractivity contribution in [3.63, 3.8) is 0 Å². The zero-order chi connectivity index (χ0) is 19.5. The molecule has 160 valence electrons. The number of nitrogens with zero attached hydrogens (tertiary/aromatic N) is 1. The van der Waals surface area contributed by atoms with Crippen molar-refractivity contribution in [1.29, 1.82) is 0 Å². The van der Waals surface area contributed by atoms with Crippen molar-refractivity contribution in [2.75, 3.05) is 32.6 Å². The number of unbranched alkanes of at least 4 members (excludes halogenated alkanes) is 3. The van der Waals surface area contributed by atoms with Gasteiger partial charge in [0, 0.05) is 6.54 Å². The third-order valence-corrected chi connectivity index (χ3v) is 5.06. The van der Waals surface area contributed by atoms with Gasteiger partial charge in [-0.25, -0.2) is 4.79 Å². The predicted molar refractivity (Wildman–Crippen MR) is 118 cm³/mol. The van der Waals surface area contributed by atoms with Crippen LogP contribution in [0.15, 0.2) is 24.3 Å². The van der Waals surface area contributed by atoms with Crippen molar-refractivity contribution in [2.45, 2.75) is 70.3 Å². The predicted octanol–water partition coefficient (Wildman–Crippen LogP) is 5.88. The second kappa shape index (κ2) is 12.9. The summed E-state index contributed by atoms with van der Waals surface area (Å²) in [5.74, 6) is 0.705. The zero-order valence-corrected chi connectivity index (χ0v) is 18.5. The maximum Gasteiger partial charge on any atom is 0.412 e. The smallest absolute Gasteiger partial charge is 0.412 e. The monoisotopic (exact) mass is 412 g/mol. The Bertz CT molecular complexity index is 575. The summed E-state index contributed by atoms with van der Waals surface area (Å²) in [5, 5.41) is 2.90. The fraction of sp³-hybridized carbons (Fsp3) is 0.682. The van der Waals surface area contributed by atoms with Crippen LogP contribution in [-0.2, 0) is 4.74 Å². The molecule has 0 aliphatic heterocycles. The maximum atomic E-state index is 12.6. The Morgan fingerprint density at radius 3 is 2.50 bits per heavy atom. The highest BCUT2D eigenvalue weighted by atomic mass is 35.5. The number of benzene rings is 1. The van der Waals surface area contributed by atoms with E-state index in [4.69, 9.17) is 9.47 Å². The molecule has 0 saturated heterocycles. The number of ether oxygens (including phenoxy) is 2. The first-order valence-electron chi connectivity index (χ1n) is 10.4. The van der Waals surface area contributed by atoms with Gasteiger partial charge < -0.3 is 14.4 Å². The molecule has 1 saturated carbocycles. The molecule has 1 fully saturated rings. The number of carbonyl (C=O) groups excluding carboxylic acids is 1. The van der Waals surface area contributed by atoms with Gasteiger partial charge in [-0.2, -0.15) is 0 Å². The average molecular weight is 413 g/mol. The highest BCUT2D eigenvalue weighted by Gasteiger charge is 2.36. The Balaban J connectivity index is 0.00000392. The fourth-order valence-electron chi connectivity index (χ4n) is 3.80. The molecule has 28 heavy (non-hydrogen) atoms. The molecule has 1 aromatic rings. The first kappa shape index (κ1) is 24.6. The molecule has 1 aliphatic rings. The van der Waals surface area contributed by atoms with Crippen LogP contribution in [0.2, 0.25) is 0 Å². The number of hydrogen-bond donors (Lipinski definition) is 1. The highest BCUT2D eigenvalue weighted by molar-refractivity contribution is 5.87. The summed E-state index contributed by atoms with van der Waals surface area (Å²) in [6, 6.07) is 7.58. The second-order valence-corrected chi connectivity index (χ2v) is 7.90. The van der Waals surface area contributed by atoms with E-state index in [1.807, 2.05) is 38.4 Å². The molecule has 0 atom stereocenters. The molecule has 0 radical (unpaired) electrons. The Hall–Kier alpha value is -1.46. The van der Waals surface area contributed by atoms with E-state index in [1.54, 1.807) is 0 Å². The minimum Gasteiger partial charge on any atom is -0.491 e. The van der Waals surface area contributed by atoms with Crippen molar-refractivity contribution < 1.29 is 14.3 Å². The lowest BCUT2D eigenvalue weighted by atomic mass is 9.84. The van der Waals surface area contributed by atoms with Crippen molar-refractivity contribution in [3.05, 3.63) is 24.3 Å². The number of likely N-dealkylation sites (N-methyl/N-ethyl adjacent to an activating group) is 1. The normalized spacial score (nSPS) is 15.6. The van der Waals surface area contributed by atoms with E-state index in [1.165, 1.54) is 25.7 Å². The number of nitrogens with one attached hydrogen (secondary N) is 1. The van der Waals surface area contributed by atoms with E-state index in [-0.39, 0.29) is 24.1 Å². The quantitative estimate of drug-likeness (QED) is 0.487. The summed E-state index contributed by atoms with van der Waals surface area (Å²) in [4.78, 5) is 14.7. The topological polar surface area (TPSA) is 50.8 Å². The molecule has 1 aliphatic carbocycles. The van der Waals surface area contributed by atoms with Gasteiger partial charge in [0.25, 0.3) is 0 Å². The minimum atomic E-state index is -0.388. The standard InChI is InChI=1S/C22H36N2O3.ClH/c1-4-5-6-12-17-26-20-14-9-8-13-19(20)23-21(25)27-22(18-24(2)3)15-10-7-11-16-22;/h8-9,13-14H,4-7,10-12,15-18H2,1-3H3,(H,23,25);1H. The molecule has 2 rings (SSSR count). The highest BCUT2D eigenvalue weighted by Crippen LogP contribution is 2.33. The summed E-state index contributed by atoms with van der Waals surface area (Å²) in [7, 11) is 4.05. The molecule has 0 heterocycles. The van der Waals surface area contributed by atoms with Gasteiger partial charge >= 0.3 is 6.09 Å². The van der Waals surface area contributed by atoms with Crippen molar-refractivity contribution in [1.82, 2.24) is 4.90 Å². The lowest BCUT2D eigenvalue weighted by Crippen LogP contribution is -2.46. The largest absolute Gasteiger partial charge is 0.491 e. The second-order valence-electron chi connectivity index (χ2n) is 7.90. The van der Waals surface area contributed by atoms with Crippen LogP contribution in [0.4, 0.5) is 10.5 Å². The number of carbonyl (C=O) groups is 1. The Morgan fingerprint density at radius 1 is 1.11 bits per heavy atom. The lowest BCUT2D eigenvalue weighted by Gasteiger charge is -2.38. The van der Waals surface area contributed by atoms with Crippen molar-refractivity contribution in [3.8, 4) is 5.75 Å². The molecular weight excluding hydrogens is 376 g/mol. The summed E-state index contributed by atoms with van der Waals surface area (Å²) in [6.45, 7) is 3.62. The Kier molecular flexibility index (Phi) is 11.3. The summed E-state index contributed by atoms with van der Waals surface area (Å²) < 4.78 is 11.8. The summed E-state index contributed by atoms with van der Waals surface area (Å²) >= 11 is 0. The molecule has 6 heteroatoms. The molecular formula is C22H37ClN2O3. The molecule has 5 nitrogen and oxygen atoms in total. The number of rotatable bonds is 10. The summed E-state index contributed by atoms with van der Waals surface area (Å²) in [5.41, 5.74) is 0.288. The molecule has 1 aromatic carbocycles. The van der Waals surface area contributed by atoms with Crippen LogP contribution < -0.4 is 10.1 Å². The van der Waals surface area contributed by atoms with E-state index in [2.05, 4.69) is 17.1 Å². The molecule has 1 amide bonds. The van der Waals surface area contributed by atoms with Gasteiger partial charge in [0.2, 0.25) is 0 Å². The van der Waals surface area contributed by atoms with Crippen LogP contribution in [0.25, 0.3) is 0 Å². The molecule has 0 aromatic heterocycles. The van der Waals surface area contributed by atoms with Gasteiger partial charge in [0.15, 0.2) is 0 Å². The van der Waals surface area contributed by atoms with Crippen LogP contribution in [0.3, 0.4) is 0 Å². The van der Waals surface area contributed by atoms with Gasteiger partial charge in [-0.15, -0.1) is 12.4 Å². The fourth-order valence-corrected chi connectivity index (χ4v) is 3.80. The van der Waals surface area contributed by atoms with Crippen molar-refractivity contribution >= 4 is 24.2 Å². The van der Waals surface area contributed by atoms with E-state index in [9.17, 15) is 4.79 Å². The van der Waals surface area contributed by atoms with Gasteiger partial charge in [-0.1, -0.05) is 44.7 Å². The van der Waals surface area contributed by atoms with E-state index >= 15 is 0 Å². The van der Waals surface area contributed by atoms with E-state index < -0.39 is 0 Å². The van der Waals surface area contributed by atoms with Crippen LogP contribution in [0.1, 0.15) is 64.7 Å².